The highest BCUT2D eigenvalue weighted by molar-refractivity contribution is 5.94. The van der Waals surface area contributed by atoms with Crippen LogP contribution in [0.25, 0.3) is 0 Å². The lowest BCUT2D eigenvalue weighted by Crippen LogP contribution is -2.39. The molecule has 3 N–H and O–H groups in total. The molecule has 0 bridgehead atoms. The molecular weight excluding hydrogens is 258 g/mol. The molecule has 0 fully saturated rings. The smallest absolute Gasteiger partial charge is 0.321 e. The summed E-state index contributed by atoms with van der Waals surface area (Å²) in [5, 5.41) is 14.0. The molecule has 0 aliphatic carbocycles. The minimum Gasteiger partial charge on any atom is -0.508 e. The highest BCUT2D eigenvalue weighted by Gasteiger charge is 2.14. The quantitative estimate of drug-likeness (QED) is 0.757. The zero-order valence-electron chi connectivity index (χ0n) is 12.0. The van der Waals surface area contributed by atoms with E-state index in [0.717, 1.165) is 5.56 Å². The number of phenolic OH excluding ortho intramolecular Hbond substituents is 1. The topological polar surface area (TPSA) is 81.7 Å². The Bertz CT molecular complexity index is 476. The number of carbonyl (C=O) groups excluding carboxylic acids is 2. The van der Waals surface area contributed by atoms with Crippen molar-refractivity contribution in [1.29, 1.82) is 0 Å². The lowest BCUT2D eigenvalue weighted by atomic mass is 10.1. The maximum atomic E-state index is 11.5. The van der Waals surface area contributed by atoms with E-state index in [0.29, 0.717) is 6.54 Å². The Kier molecular flexibility index (Phi) is 5.99. The zero-order chi connectivity index (χ0) is 15.1. The zero-order valence-corrected chi connectivity index (χ0v) is 12.0. The predicted octanol–water partition coefficient (Wildman–Crippen LogP) is 1.23. The van der Waals surface area contributed by atoms with Crippen molar-refractivity contribution < 1.29 is 14.7 Å². The molecule has 1 aromatic rings. The van der Waals surface area contributed by atoms with Gasteiger partial charge in [0.2, 0.25) is 5.91 Å². The van der Waals surface area contributed by atoms with Gasteiger partial charge in [-0.15, -0.1) is 0 Å². The fourth-order valence-corrected chi connectivity index (χ4v) is 1.76. The van der Waals surface area contributed by atoms with Gasteiger partial charge >= 0.3 is 6.03 Å². The third-order valence-electron chi connectivity index (χ3n) is 3.19. The number of nitrogens with one attached hydrogen (secondary N) is 2. The minimum atomic E-state index is -0.501. The summed E-state index contributed by atoms with van der Waals surface area (Å²) < 4.78 is 0. The standard InChI is InChI=1S/C14H21N3O3/c1-10(11-5-4-6-12(18)9-11)17(3)8-7-13(19)16-14(20)15-2/h4-6,9-10,18H,7-8H2,1-3H3,(H2,15,16,19,20)/t10-/m0/s1. The van der Waals surface area contributed by atoms with Crippen molar-refractivity contribution in [2.75, 3.05) is 20.6 Å². The first-order chi connectivity index (χ1) is 9.43. The minimum absolute atomic E-state index is 0.0647. The van der Waals surface area contributed by atoms with Crippen molar-refractivity contribution in [2.45, 2.75) is 19.4 Å². The molecule has 1 atom stereocenters. The lowest BCUT2D eigenvalue weighted by Gasteiger charge is -2.24. The van der Waals surface area contributed by atoms with E-state index in [1.807, 2.05) is 24.9 Å². The fourth-order valence-electron chi connectivity index (χ4n) is 1.76. The fraction of sp³-hybridized carbons (Fsp3) is 0.429. The van der Waals surface area contributed by atoms with E-state index in [2.05, 4.69) is 10.6 Å². The van der Waals surface area contributed by atoms with Crippen molar-refractivity contribution in [3.8, 4) is 5.75 Å². The van der Waals surface area contributed by atoms with Crippen LogP contribution >= 0.6 is 0 Å². The van der Waals surface area contributed by atoms with Crippen LogP contribution < -0.4 is 10.6 Å². The number of nitrogens with zero attached hydrogens (tertiary/aromatic N) is 1. The van der Waals surface area contributed by atoms with Crippen molar-refractivity contribution in [1.82, 2.24) is 15.5 Å². The van der Waals surface area contributed by atoms with E-state index < -0.39 is 6.03 Å². The van der Waals surface area contributed by atoms with Crippen molar-refractivity contribution in [3.63, 3.8) is 0 Å². The molecule has 0 unspecified atom stereocenters. The summed E-state index contributed by atoms with van der Waals surface area (Å²) in [5.74, 6) is -0.0978. The summed E-state index contributed by atoms with van der Waals surface area (Å²) >= 11 is 0. The van der Waals surface area contributed by atoms with E-state index >= 15 is 0 Å². The van der Waals surface area contributed by atoms with E-state index in [1.54, 1.807) is 18.2 Å². The average Bonchev–Trinajstić information content (AvgIpc) is 2.43. The van der Waals surface area contributed by atoms with E-state index in [4.69, 9.17) is 0 Å². The number of hydrogen-bond donors (Lipinski definition) is 3. The molecule has 6 nitrogen and oxygen atoms in total. The Hall–Kier alpha value is -2.08. The summed E-state index contributed by atoms with van der Waals surface area (Å²) in [6, 6.07) is 6.59. The van der Waals surface area contributed by atoms with Gasteiger partial charge in [0.15, 0.2) is 0 Å². The van der Waals surface area contributed by atoms with Crippen LogP contribution in [0.3, 0.4) is 0 Å². The third-order valence-corrected chi connectivity index (χ3v) is 3.19. The van der Waals surface area contributed by atoms with Crippen LogP contribution in [0.2, 0.25) is 0 Å². The number of carbonyl (C=O) groups is 2. The Morgan fingerprint density at radius 3 is 2.70 bits per heavy atom. The second kappa shape index (κ2) is 7.49. The number of imide groups is 1. The maximum absolute atomic E-state index is 11.5. The number of phenols is 1. The normalized spacial score (nSPS) is 12.0. The number of urea groups is 1. The highest BCUT2D eigenvalue weighted by Crippen LogP contribution is 2.22. The van der Waals surface area contributed by atoms with Crippen molar-refractivity contribution in [3.05, 3.63) is 29.8 Å². The SMILES string of the molecule is CNC(=O)NC(=O)CCN(C)[C@@H](C)c1cccc(O)c1. The first-order valence-electron chi connectivity index (χ1n) is 6.44. The van der Waals surface area contributed by atoms with Gasteiger partial charge in [0.1, 0.15) is 5.75 Å². The Labute approximate surface area is 118 Å². The van der Waals surface area contributed by atoms with Crippen LogP contribution in [0, 0.1) is 0 Å². The largest absolute Gasteiger partial charge is 0.508 e. The molecule has 0 spiro atoms. The Morgan fingerprint density at radius 2 is 2.10 bits per heavy atom. The van der Waals surface area contributed by atoms with Gasteiger partial charge in [-0.1, -0.05) is 12.1 Å². The molecule has 0 heterocycles. The van der Waals surface area contributed by atoms with Gasteiger partial charge in [0, 0.05) is 26.1 Å². The predicted molar refractivity (Wildman–Crippen MR) is 76.4 cm³/mol. The summed E-state index contributed by atoms with van der Waals surface area (Å²) in [6.07, 6.45) is 0.229. The summed E-state index contributed by atoms with van der Waals surface area (Å²) in [5.41, 5.74) is 0.971. The number of hydrogen-bond acceptors (Lipinski definition) is 4. The van der Waals surface area contributed by atoms with Gasteiger partial charge < -0.3 is 10.4 Å². The second-order valence-electron chi connectivity index (χ2n) is 4.63. The third kappa shape index (κ3) is 4.89. The van der Waals surface area contributed by atoms with Crippen molar-refractivity contribution >= 4 is 11.9 Å². The number of amides is 3. The summed E-state index contributed by atoms with van der Waals surface area (Å²) in [4.78, 5) is 24.5. The number of aromatic hydroxyl groups is 1. The molecule has 0 saturated heterocycles. The second-order valence-corrected chi connectivity index (χ2v) is 4.63. The monoisotopic (exact) mass is 279 g/mol. The molecule has 1 aromatic carbocycles. The van der Waals surface area contributed by atoms with Crippen molar-refractivity contribution in [2.24, 2.45) is 0 Å². The molecule has 6 heteroatoms. The van der Waals surface area contributed by atoms with Crippen LogP contribution in [0.1, 0.15) is 24.9 Å². The highest BCUT2D eigenvalue weighted by atomic mass is 16.3. The summed E-state index contributed by atoms with van der Waals surface area (Å²) in [7, 11) is 3.35. The molecule has 3 amide bonds. The molecule has 0 aliphatic heterocycles. The summed E-state index contributed by atoms with van der Waals surface area (Å²) in [6.45, 7) is 2.51. The van der Waals surface area contributed by atoms with Crippen LogP contribution in [0.5, 0.6) is 5.75 Å². The number of benzene rings is 1. The number of rotatable bonds is 5. The van der Waals surface area contributed by atoms with Crippen LogP contribution in [0.4, 0.5) is 4.79 Å². The Balaban J connectivity index is 2.48. The van der Waals surface area contributed by atoms with Gasteiger partial charge in [0.25, 0.3) is 0 Å². The van der Waals surface area contributed by atoms with Crippen LogP contribution in [0.15, 0.2) is 24.3 Å². The molecule has 0 aliphatic rings. The van der Waals surface area contributed by atoms with Gasteiger partial charge in [-0.2, -0.15) is 0 Å². The molecule has 0 aromatic heterocycles. The van der Waals surface area contributed by atoms with Crippen LogP contribution in [-0.4, -0.2) is 42.6 Å². The molecular formula is C14H21N3O3. The first-order valence-corrected chi connectivity index (χ1v) is 6.44. The molecule has 0 radical (unpaired) electrons. The Morgan fingerprint density at radius 1 is 1.40 bits per heavy atom. The van der Waals surface area contributed by atoms with E-state index in [9.17, 15) is 14.7 Å². The molecule has 0 saturated carbocycles. The molecule has 20 heavy (non-hydrogen) atoms. The van der Waals surface area contributed by atoms with Gasteiger partial charge in [-0.3, -0.25) is 15.0 Å². The molecule has 1 rings (SSSR count). The van der Waals surface area contributed by atoms with Gasteiger partial charge in [-0.25, -0.2) is 4.79 Å². The maximum Gasteiger partial charge on any atom is 0.321 e. The van der Waals surface area contributed by atoms with Gasteiger partial charge in [0.05, 0.1) is 0 Å². The average molecular weight is 279 g/mol. The van der Waals surface area contributed by atoms with E-state index in [1.165, 1.54) is 7.05 Å². The van der Waals surface area contributed by atoms with Crippen LogP contribution in [-0.2, 0) is 4.79 Å². The van der Waals surface area contributed by atoms with E-state index in [-0.39, 0.29) is 24.1 Å². The van der Waals surface area contributed by atoms with Gasteiger partial charge in [-0.05, 0) is 31.7 Å². The molecule has 110 valence electrons. The lowest BCUT2D eigenvalue weighted by molar-refractivity contribution is -0.120. The first kappa shape index (κ1) is 16.0.